The lowest BCUT2D eigenvalue weighted by molar-refractivity contribution is 0.702. The van der Waals surface area contributed by atoms with Crippen LogP contribution in [0.1, 0.15) is 38.7 Å². The van der Waals surface area contributed by atoms with E-state index in [1.807, 2.05) is 0 Å². The quantitative estimate of drug-likeness (QED) is 0.658. The molecule has 0 nitrogen and oxygen atoms in total. The van der Waals surface area contributed by atoms with Gasteiger partial charge in [0, 0.05) is 0 Å². The van der Waals surface area contributed by atoms with Crippen LogP contribution in [0.4, 0.5) is 0 Å². The molecule has 0 spiro atoms. The molecule has 0 saturated heterocycles. The molecule has 0 atom stereocenters. The maximum absolute atomic E-state index is 2.27. The Labute approximate surface area is 105 Å². The van der Waals surface area contributed by atoms with Crippen molar-refractivity contribution in [3.05, 3.63) is 53.9 Å². The first kappa shape index (κ1) is 12.2. The van der Waals surface area contributed by atoms with Gasteiger partial charge in [-0.3, -0.25) is 0 Å². The van der Waals surface area contributed by atoms with Gasteiger partial charge in [0.25, 0.3) is 0 Å². The van der Waals surface area contributed by atoms with E-state index in [4.69, 9.17) is 0 Å². The largest absolute Gasteiger partial charge is 0.0654 e. The molecule has 0 aliphatic heterocycles. The van der Waals surface area contributed by atoms with Gasteiger partial charge in [-0.25, -0.2) is 0 Å². The highest BCUT2D eigenvalue weighted by Gasteiger charge is 2.09. The van der Waals surface area contributed by atoms with Crippen LogP contribution in [0.2, 0.25) is 0 Å². The topological polar surface area (TPSA) is 0 Å². The van der Waals surface area contributed by atoms with Gasteiger partial charge in [-0.1, -0.05) is 62.7 Å². The van der Waals surface area contributed by atoms with Crippen molar-refractivity contribution >= 4 is 10.8 Å². The second-order valence-electron chi connectivity index (χ2n) is 4.67. The molecule has 0 heterocycles. The molecule has 2 aromatic rings. The molecule has 0 saturated carbocycles. The molecule has 1 radical (unpaired) electrons. The van der Waals surface area contributed by atoms with Crippen molar-refractivity contribution in [2.75, 3.05) is 0 Å². The highest BCUT2D eigenvalue weighted by molar-refractivity contribution is 5.85. The third-order valence-electron chi connectivity index (χ3n) is 3.42. The highest BCUT2D eigenvalue weighted by atomic mass is 14.1. The summed E-state index contributed by atoms with van der Waals surface area (Å²) in [5.41, 5.74) is 1.48. The normalized spacial score (nSPS) is 11.2. The zero-order valence-corrected chi connectivity index (χ0v) is 10.9. The standard InChI is InChI=1S/C17H21/c1-3-8-14(4-2)13-16-11-7-10-15-9-5-6-12-17(15)16/h5-7,9-12H,3-4,8,13H2,1-2H3. The summed E-state index contributed by atoms with van der Waals surface area (Å²) in [7, 11) is 0. The summed E-state index contributed by atoms with van der Waals surface area (Å²) in [6, 6.07) is 15.3. The lowest BCUT2D eigenvalue weighted by Gasteiger charge is -2.14. The number of fused-ring (bicyclic) bond motifs is 1. The van der Waals surface area contributed by atoms with E-state index in [1.165, 1.54) is 35.6 Å². The van der Waals surface area contributed by atoms with Crippen molar-refractivity contribution in [1.82, 2.24) is 0 Å². The van der Waals surface area contributed by atoms with Gasteiger partial charge in [0.1, 0.15) is 0 Å². The van der Waals surface area contributed by atoms with Gasteiger partial charge in [0.05, 0.1) is 0 Å². The Morgan fingerprint density at radius 2 is 1.71 bits per heavy atom. The van der Waals surface area contributed by atoms with E-state index >= 15 is 0 Å². The first-order valence-corrected chi connectivity index (χ1v) is 6.65. The predicted molar refractivity (Wildman–Crippen MR) is 76.1 cm³/mol. The zero-order chi connectivity index (χ0) is 12.1. The maximum atomic E-state index is 2.27. The lowest BCUT2D eigenvalue weighted by atomic mass is 9.90. The second-order valence-corrected chi connectivity index (χ2v) is 4.67. The van der Waals surface area contributed by atoms with Gasteiger partial charge in [-0.05, 0) is 41.5 Å². The number of hydrogen-bond acceptors (Lipinski definition) is 0. The van der Waals surface area contributed by atoms with E-state index in [0.29, 0.717) is 0 Å². The fourth-order valence-corrected chi connectivity index (χ4v) is 2.46. The average Bonchev–Trinajstić information content (AvgIpc) is 2.38. The summed E-state index contributed by atoms with van der Waals surface area (Å²) in [6.07, 6.45) is 4.87. The molecule has 2 rings (SSSR count). The Kier molecular flexibility index (Phi) is 4.19. The lowest BCUT2D eigenvalue weighted by Crippen LogP contribution is -2.01. The molecule has 0 N–H and O–H groups in total. The summed E-state index contributed by atoms with van der Waals surface area (Å²) in [4.78, 5) is 0. The molecule has 0 unspecified atom stereocenters. The molecular formula is C17H21. The number of hydrogen-bond donors (Lipinski definition) is 0. The third kappa shape index (κ3) is 2.88. The first-order valence-electron chi connectivity index (χ1n) is 6.65. The Balaban J connectivity index is 2.28. The Morgan fingerprint density at radius 1 is 0.941 bits per heavy atom. The van der Waals surface area contributed by atoms with Gasteiger partial charge in [0.15, 0.2) is 0 Å². The molecule has 0 bridgehead atoms. The van der Waals surface area contributed by atoms with E-state index in [0.717, 1.165) is 6.42 Å². The van der Waals surface area contributed by atoms with Gasteiger partial charge >= 0.3 is 0 Å². The fourth-order valence-electron chi connectivity index (χ4n) is 2.46. The summed E-state index contributed by atoms with van der Waals surface area (Å²) in [6.45, 7) is 4.54. The van der Waals surface area contributed by atoms with E-state index in [2.05, 4.69) is 56.3 Å². The van der Waals surface area contributed by atoms with E-state index < -0.39 is 0 Å². The molecule has 0 fully saturated rings. The monoisotopic (exact) mass is 225 g/mol. The average molecular weight is 225 g/mol. The maximum Gasteiger partial charge on any atom is -0.0152 e. The summed E-state index contributed by atoms with van der Waals surface area (Å²) in [5.74, 6) is 1.67. The van der Waals surface area contributed by atoms with Gasteiger partial charge < -0.3 is 0 Å². The van der Waals surface area contributed by atoms with Crippen LogP contribution in [-0.4, -0.2) is 0 Å². The van der Waals surface area contributed by atoms with Crippen molar-refractivity contribution in [2.24, 2.45) is 0 Å². The minimum Gasteiger partial charge on any atom is -0.0654 e. The molecule has 0 aromatic heterocycles. The molecule has 0 heteroatoms. The van der Waals surface area contributed by atoms with Crippen molar-refractivity contribution < 1.29 is 0 Å². The second kappa shape index (κ2) is 5.86. The highest BCUT2D eigenvalue weighted by Crippen LogP contribution is 2.25. The molecule has 0 aliphatic rings. The van der Waals surface area contributed by atoms with Crippen LogP contribution in [0.25, 0.3) is 10.8 Å². The number of benzene rings is 2. The van der Waals surface area contributed by atoms with Gasteiger partial charge in [0.2, 0.25) is 0 Å². The summed E-state index contributed by atoms with van der Waals surface area (Å²) in [5, 5.41) is 2.77. The molecule has 17 heavy (non-hydrogen) atoms. The van der Waals surface area contributed by atoms with Crippen LogP contribution in [0.15, 0.2) is 42.5 Å². The van der Waals surface area contributed by atoms with Crippen molar-refractivity contribution in [3.63, 3.8) is 0 Å². The molecule has 0 amide bonds. The first-order chi connectivity index (χ1) is 8.35. The summed E-state index contributed by atoms with van der Waals surface area (Å²) >= 11 is 0. The van der Waals surface area contributed by atoms with Crippen LogP contribution in [0.3, 0.4) is 0 Å². The SMILES string of the molecule is CCC[C](CC)Cc1cccc2ccccc12. The molecular weight excluding hydrogens is 204 g/mol. The number of rotatable bonds is 5. The van der Waals surface area contributed by atoms with E-state index in [-0.39, 0.29) is 0 Å². The van der Waals surface area contributed by atoms with Crippen LogP contribution in [0, 0.1) is 5.92 Å². The van der Waals surface area contributed by atoms with E-state index in [9.17, 15) is 0 Å². The van der Waals surface area contributed by atoms with Crippen LogP contribution in [-0.2, 0) is 6.42 Å². The minimum absolute atomic E-state index is 1.14. The van der Waals surface area contributed by atoms with Crippen LogP contribution in [0.5, 0.6) is 0 Å². The molecule has 89 valence electrons. The fraction of sp³-hybridized carbons (Fsp3) is 0.353. The smallest absolute Gasteiger partial charge is 0.0152 e. The summed E-state index contributed by atoms with van der Waals surface area (Å²) < 4.78 is 0. The van der Waals surface area contributed by atoms with Crippen molar-refractivity contribution in [3.8, 4) is 0 Å². The Hall–Kier alpha value is -1.30. The van der Waals surface area contributed by atoms with Gasteiger partial charge in [-0.2, -0.15) is 0 Å². The predicted octanol–water partition coefficient (Wildman–Crippen LogP) is 5.17. The van der Waals surface area contributed by atoms with Crippen molar-refractivity contribution in [1.29, 1.82) is 0 Å². The minimum atomic E-state index is 1.14. The molecule has 0 aliphatic carbocycles. The Morgan fingerprint density at radius 3 is 2.47 bits per heavy atom. The van der Waals surface area contributed by atoms with Gasteiger partial charge in [-0.15, -0.1) is 0 Å². The van der Waals surface area contributed by atoms with Crippen molar-refractivity contribution in [2.45, 2.75) is 39.5 Å². The zero-order valence-electron chi connectivity index (χ0n) is 10.9. The van der Waals surface area contributed by atoms with E-state index in [1.54, 1.807) is 5.92 Å². The van der Waals surface area contributed by atoms with Crippen LogP contribution >= 0.6 is 0 Å². The third-order valence-corrected chi connectivity index (χ3v) is 3.42. The van der Waals surface area contributed by atoms with Crippen LogP contribution < -0.4 is 0 Å². The Bertz CT molecular complexity index is 465. The molecule has 2 aromatic carbocycles.